The van der Waals surface area contributed by atoms with Gasteiger partial charge in [-0.05, 0) is 180 Å². The van der Waals surface area contributed by atoms with Gasteiger partial charge in [0.1, 0.15) is 0 Å². The molecule has 4 nitrogen and oxygen atoms in total. The number of hydrogen-bond acceptors (Lipinski definition) is 2. The number of benzene rings is 9. The molecule has 330 valence electrons. The summed E-state index contributed by atoms with van der Waals surface area (Å²) < 4.78 is 5.21. The summed E-state index contributed by atoms with van der Waals surface area (Å²) in [6, 6.07) is 65.1. The van der Waals surface area contributed by atoms with Gasteiger partial charge in [-0.3, -0.25) is 0 Å². The van der Waals surface area contributed by atoms with Gasteiger partial charge in [0.2, 0.25) is 0 Å². The smallest absolute Gasteiger partial charge is 0.332 e. The van der Waals surface area contributed by atoms with Crippen LogP contribution in [0.2, 0.25) is 0 Å². The van der Waals surface area contributed by atoms with Crippen molar-refractivity contribution in [2.24, 2.45) is 0 Å². The third-order valence-corrected chi connectivity index (χ3v) is 16.2. The molecule has 2 aromatic heterocycles. The minimum atomic E-state index is -0.0993. The lowest BCUT2D eigenvalue weighted by Gasteiger charge is -2.48. The second-order valence-corrected chi connectivity index (χ2v) is 20.4. The SMILES string of the molecule is Cc1cc(C)c(-c2ccc3c(c2)N(c2ccccc2)c2c4c(c5c6c2-c2cccc7ccn(c27)B6c2ccc(-c6c(C)cc(C)cc6C)cc2N5c2ccccc2)-c2cccc5ccn(c25)B34)c(C)c1. The van der Waals surface area contributed by atoms with Gasteiger partial charge >= 0.3 is 13.7 Å². The summed E-state index contributed by atoms with van der Waals surface area (Å²) in [6.45, 7) is 13.3. The molecule has 6 heteroatoms. The Morgan fingerprint density at radius 3 is 1.16 bits per heavy atom. The summed E-state index contributed by atoms with van der Waals surface area (Å²) in [7, 11) is 0. The van der Waals surface area contributed by atoms with E-state index >= 15 is 0 Å². The van der Waals surface area contributed by atoms with Gasteiger partial charge in [-0.25, -0.2) is 0 Å². The highest BCUT2D eigenvalue weighted by Gasteiger charge is 2.51. The van der Waals surface area contributed by atoms with Crippen molar-refractivity contribution >= 4 is 91.5 Å². The summed E-state index contributed by atoms with van der Waals surface area (Å²) in [5.41, 5.74) is 33.2. The average Bonchev–Trinajstić information content (AvgIpc) is 4.00. The van der Waals surface area contributed by atoms with Crippen LogP contribution in [0.15, 0.2) is 182 Å². The van der Waals surface area contributed by atoms with Crippen LogP contribution in [0.5, 0.6) is 0 Å². The minimum absolute atomic E-state index is 0.0993. The van der Waals surface area contributed by atoms with Crippen molar-refractivity contribution in [2.45, 2.75) is 41.5 Å². The number of fused-ring (bicyclic) bond motifs is 10. The number of para-hydroxylation sites is 4. The lowest BCUT2D eigenvalue weighted by molar-refractivity contribution is 1.20. The molecule has 0 amide bonds. The molecule has 15 rings (SSSR count). The van der Waals surface area contributed by atoms with Gasteiger partial charge in [0.15, 0.2) is 0 Å². The van der Waals surface area contributed by atoms with E-state index in [0.717, 1.165) is 11.4 Å². The molecule has 0 saturated carbocycles. The Morgan fingerprint density at radius 1 is 0.357 bits per heavy atom. The van der Waals surface area contributed by atoms with E-state index in [9.17, 15) is 0 Å². The van der Waals surface area contributed by atoms with E-state index in [-0.39, 0.29) is 13.7 Å². The lowest BCUT2D eigenvalue weighted by Crippen LogP contribution is -2.61. The summed E-state index contributed by atoms with van der Waals surface area (Å²) in [5, 5.41) is 2.52. The van der Waals surface area contributed by atoms with Gasteiger partial charge in [0.25, 0.3) is 0 Å². The van der Waals surface area contributed by atoms with E-state index in [4.69, 9.17) is 0 Å². The predicted molar refractivity (Wildman–Crippen MR) is 298 cm³/mol. The van der Waals surface area contributed by atoms with Crippen LogP contribution < -0.4 is 31.7 Å². The normalized spacial score (nSPS) is 13.5. The topological polar surface area (TPSA) is 16.3 Å². The minimum Gasteiger partial charge on any atom is -0.382 e. The summed E-state index contributed by atoms with van der Waals surface area (Å²) in [5.74, 6) is 0. The monoisotopic (exact) mass is 894 g/mol. The van der Waals surface area contributed by atoms with Crippen LogP contribution in [0.1, 0.15) is 33.4 Å². The molecule has 4 aliphatic heterocycles. The molecule has 9 aromatic carbocycles. The van der Waals surface area contributed by atoms with E-state index < -0.39 is 0 Å². The summed E-state index contributed by atoms with van der Waals surface area (Å²) >= 11 is 0. The zero-order valence-electron chi connectivity index (χ0n) is 40.3. The summed E-state index contributed by atoms with van der Waals surface area (Å²) in [6.07, 6.45) is 4.72. The molecule has 0 atom stereocenters. The van der Waals surface area contributed by atoms with Gasteiger partial charge in [-0.2, -0.15) is 0 Å². The van der Waals surface area contributed by atoms with Crippen molar-refractivity contribution in [3.05, 3.63) is 216 Å². The Hall–Kier alpha value is -8.21. The molecule has 0 spiro atoms. The number of hydrogen-bond donors (Lipinski definition) is 0. The number of aryl methyl sites for hydroxylation is 6. The van der Waals surface area contributed by atoms with Crippen molar-refractivity contribution in [2.75, 3.05) is 9.80 Å². The molecule has 0 N–H and O–H groups in total. The van der Waals surface area contributed by atoms with Crippen molar-refractivity contribution in [3.63, 3.8) is 0 Å². The van der Waals surface area contributed by atoms with E-state index in [1.54, 1.807) is 0 Å². The number of anilines is 6. The van der Waals surface area contributed by atoms with Crippen LogP contribution in [0.3, 0.4) is 0 Å². The molecule has 0 saturated heterocycles. The molecule has 0 unspecified atom stereocenters. The third-order valence-electron chi connectivity index (χ3n) is 16.2. The van der Waals surface area contributed by atoms with Crippen LogP contribution in [0, 0.1) is 41.5 Å². The summed E-state index contributed by atoms with van der Waals surface area (Å²) in [4.78, 5) is 5.31. The largest absolute Gasteiger partial charge is 0.382 e. The number of aromatic nitrogens is 2. The van der Waals surface area contributed by atoms with E-state index in [2.05, 4.69) is 243 Å². The second-order valence-electron chi connectivity index (χ2n) is 20.4. The molecule has 0 aliphatic carbocycles. The Morgan fingerprint density at radius 2 is 0.757 bits per heavy atom. The van der Waals surface area contributed by atoms with Gasteiger partial charge < -0.3 is 18.8 Å². The Balaban J connectivity index is 1.15. The maximum absolute atomic E-state index is 2.65. The van der Waals surface area contributed by atoms with Crippen LogP contribution in [-0.4, -0.2) is 22.7 Å². The number of nitrogens with zero attached hydrogens (tertiary/aromatic N) is 4. The molecule has 0 radical (unpaired) electrons. The van der Waals surface area contributed by atoms with Gasteiger partial charge in [0.05, 0.1) is 11.4 Å². The first-order valence-corrected chi connectivity index (χ1v) is 24.8. The van der Waals surface area contributed by atoms with Gasteiger partial charge in [-0.15, -0.1) is 0 Å². The Bertz CT molecular complexity index is 3790. The first-order valence-electron chi connectivity index (χ1n) is 24.8. The van der Waals surface area contributed by atoms with Crippen LogP contribution in [0.25, 0.3) is 66.3 Å². The first kappa shape index (κ1) is 39.8. The van der Waals surface area contributed by atoms with Crippen LogP contribution >= 0.6 is 0 Å². The zero-order valence-corrected chi connectivity index (χ0v) is 40.3. The average molecular weight is 895 g/mol. The standard InChI is InChI=1S/C64H48B2N4/c1-37-31-39(3)55(40(4)32-37)45-23-25-51-53(35-45)69(47-17-9-7-10-18-47)63-57-49-21-13-16-44-28-30-68(62(44)49)66-52-26-24-46(56-41(5)33-38(2)34-42(56)6)36-54(52)70(48-19-11-8-12-20-48)64(60(57)66)58-50-22-14-15-43-27-29-67(61(43)50)65(51)59(58)63/h7-36H,1-6H3. The maximum Gasteiger partial charge on any atom is 0.332 e. The van der Waals surface area contributed by atoms with Crippen LogP contribution in [0.4, 0.5) is 34.1 Å². The quantitative estimate of drug-likeness (QED) is 0.164. The maximum atomic E-state index is 2.65. The second kappa shape index (κ2) is 14.2. The highest BCUT2D eigenvalue weighted by molar-refractivity contribution is 6.93. The first-order chi connectivity index (χ1) is 34.2. The van der Waals surface area contributed by atoms with Crippen LogP contribution in [-0.2, 0) is 0 Å². The fraction of sp³-hybridized carbons (Fsp3) is 0.0938. The third kappa shape index (κ3) is 5.18. The van der Waals surface area contributed by atoms with Crippen molar-refractivity contribution in [1.82, 2.24) is 8.96 Å². The van der Waals surface area contributed by atoms with E-state index in [1.165, 1.54) is 144 Å². The molecular formula is C64H48B2N4. The molecule has 4 aliphatic rings. The highest BCUT2D eigenvalue weighted by Crippen LogP contribution is 2.55. The predicted octanol–water partition coefficient (Wildman–Crippen LogP) is 13.6. The Kier molecular flexibility index (Phi) is 8.05. The van der Waals surface area contributed by atoms with Gasteiger partial charge in [-0.1, -0.05) is 132 Å². The fourth-order valence-corrected chi connectivity index (χ4v) is 13.9. The van der Waals surface area contributed by atoms with Crippen molar-refractivity contribution in [1.29, 1.82) is 0 Å². The molecule has 0 fully saturated rings. The molecular weight excluding hydrogens is 846 g/mol. The zero-order chi connectivity index (χ0) is 46.8. The lowest BCUT2D eigenvalue weighted by atomic mass is 9.40. The van der Waals surface area contributed by atoms with E-state index in [0.29, 0.717) is 0 Å². The fourth-order valence-electron chi connectivity index (χ4n) is 13.9. The molecule has 70 heavy (non-hydrogen) atoms. The molecule has 11 aromatic rings. The molecule has 0 bridgehead atoms. The van der Waals surface area contributed by atoms with Crippen molar-refractivity contribution < 1.29 is 0 Å². The number of rotatable bonds is 4. The van der Waals surface area contributed by atoms with E-state index in [1.807, 2.05) is 0 Å². The highest BCUT2D eigenvalue weighted by atomic mass is 15.2. The van der Waals surface area contributed by atoms with Gasteiger partial charge in [0, 0.05) is 56.0 Å². The van der Waals surface area contributed by atoms with Crippen molar-refractivity contribution in [3.8, 4) is 44.5 Å². The Labute approximate surface area is 409 Å². The molecule has 6 heterocycles.